The van der Waals surface area contributed by atoms with Gasteiger partial charge in [-0.15, -0.1) is 0 Å². The summed E-state index contributed by atoms with van der Waals surface area (Å²) in [5, 5.41) is 11.9. The van der Waals surface area contributed by atoms with Crippen LogP contribution >= 0.6 is 0 Å². The Hall–Kier alpha value is -1.55. The molecule has 0 saturated heterocycles. The molecule has 0 bridgehead atoms. The van der Waals surface area contributed by atoms with E-state index in [4.69, 9.17) is 10.8 Å². The summed E-state index contributed by atoms with van der Waals surface area (Å²) in [6.07, 6.45) is 3.44. The van der Waals surface area contributed by atoms with Crippen LogP contribution in [0.25, 0.3) is 0 Å². The molecule has 92 valence electrons. The Morgan fingerprint density at radius 2 is 2.35 bits per heavy atom. The summed E-state index contributed by atoms with van der Waals surface area (Å²) in [6.45, 7) is 0.508. The molecule has 1 atom stereocenters. The quantitative estimate of drug-likeness (QED) is 0.693. The van der Waals surface area contributed by atoms with Gasteiger partial charge in [0.2, 0.25) is 0 Å². The number of rotatable bonds is 4. The first kappa shape index (κ1) is 11.9. The Morgan fingerprint density at radius 1 is 1.53 bits per heavy atom. The van der Waals surface area contributed by atoms with Crippen LogP contribution in [0.15, 0.2) is 18.2 Å². The van der Waals surface area contributed by atoms with Crippen LogP contribution in [0.2, 0.25) is 0 Å². The minimum atomic E-state index is -0.763. The topological polar surface area (TPSA) is 75.3 Å². The van der Waals surface area contributed by atoms with Crippen molar-refractivity contribution >= 4 is 11.7 Å². The predicted molar refractivity (Wildman–Crippen MR) is 66.8 cm³/mol. The summed E-state index contributed by atoms with van der Waals surface area (Å²) < 4.78 is 0. The Morgan fingerprint density at radius 3 is 3.12 bits per heavy atom. The number of nitrogen functional groups attached to an aromatic ring is 1. The molecule has 1 aliphatic carbocycles. The highest BCUT2D eigenvalue weighted by molar-refractivity contribution is 5.66. The highest BCUT2D eigenvalue weighted by atomic mass is 16.4. The lowest BCUT2D eigenvalue weighted by Gasteiger charge is -2.26. The number of aliphatic carboxylic acids is 1. The molecule has 17 heavy (non-hydrogen) atoms. The number of benzene rings is 1. The first-order chi connectivity index (χ1) is 8.16. The van der Waals surface area contributed by atoms with Crippen LogP contribution in [0.1, 0.15) is 36.4 Å². The second-order valence-electron chi connectivity index (χ2n) is 4.50. The number of hydrogen-bond acceptors (Lipinski definition) is 3. The molecular weight excluding hydrogens is 216 g/mol. The maximum atomic E-state index is 10.5. The molecule has 0 heterocycles. The zero-order valence-corrected chi connectivity index (χ0v) is 9.78. The molecule has 0 spiro atoms. The van der Waals surface area contributed by atoms with Gasteiger partial charge in [-0.05, 0) is 42.5 Å². The second kappa shape index (κ2) is 5.19. The van der Waals surface area contributed by atoms with E-state index in [9.17, 15) is 4.79 Å². The van der Waals surface area contributed by atoms with E-state index in [0.29, 0.717) is 6.54 Å². The maximum Gasteiger partial charge on any atom is 0.304 e. The summed E-state index contributed by atoms with van der Waals surface area (Å²) in [7, 11) is 0. The summed E-state index contributed by atoms with van der Waals surface area (Å²) in [6, 6.07) is 6.27. The monoisotopic (exact) mass is 234 g/mol. The van der Waals surface area contributed by atoms with Crippen molar-refractivity contribution in [2.75, 3.05) is 12.3 Å². The zero-order chi connectivity index (χ0) is 12.3. The number of aryl methyl sites for hydroxylation is 1. The zero-order valence-electron chi connectivity index (χ0n) is 9.78. The molecule has 0 fully saturated rings. The van der Waals surface area contributed by atoms with E-state index in [1.165, 1.54) is 11.1 Å². The molecule has 4 nitrogen and oxygen atoms in total. The third-order valence-electron chi connectivity index (χ3n) is 3.21. The second-order valence-corrected chi connectivity index (χ2v) is 4.50. The maximum absolute atomic E-state index is 10.5. The first-order valence-corrected chi connectivity index (χ1v) is 6.00. The van der Waals surface area contributed by atoms with Crippen LogP contribution < -0.4 is 11.1 Å². The Bertz CT molecular complexity index is 418. The van der Waals surface area contributed by atoms with Gasteiger partial charge < -0.3 is 16.2 Å². The fraction of sp³-hybridized carbons (Fsp3) is 0.462. The SMILES string of the molecule is Nc1ccc2c(c1)C(NCCC(=O)O)CCC2. The van der Waals surface area contributed by atoms with Crippen molar-refractivity contribution in [3.8, 4) is 0 Å². The number of carbonyl (C=O) groups is 1. The molecular formula is C13H18N2O2. The van der Waals surface area contributed by atoms with E-state index in [1.807, 2.05) is 12.1 Å². The number of nitrogens with one attached hydrogen (secondary N) is 1. The average Bonchev–Trinajstić information content (AvgIpc) is 2.29. The van der Waals surface area contributed by atoms with Crippen molar-refractivity contribution in [1.29, 1.82) is 0 Å². The van der Waals surface area contributed by atoms with E-state index in [-0.39, 0.29) is 12.5 Å². The molecule has 0 amide bonds. The largest absolute Gasteiger partial charge is 0.481 e. The van der Waals surface area contributed by atoms with Gasteiger partial charge in [-0.1, -0.05) is 6.07 Å². The normalized spacial score (nSPS) is 18.7. The van der Waals surface area contributed by atoms with E-state index >= 15 is 0 Å². The predicted octanol–water partition coefficient (Wildman–Crippen LogP) is 1.71. The number of hydrogen-bond donors (Lipinski definition) is 3. The number of carboxylic acids is 1. The molecule has 1 aliphatic rings. The van der Waals surface area contributed by atoms with Crippen LogP contribution in [0.3, 0.4) is 0 Å². The van der Waals surface area contributed by atoms with Crippen molar-refractivity contribution in [1.82, 2.24) is 5.32 Å². The molecule has 0 aliphatic heterocycles. The Kier molecular flexibility index (Phi) is 3.64. The smallest absolute Gasteiger partial charge is 0.304 e. The minimum Gasteiger partial charge on any atom is -0.481 e. The Labute approximate surface area is 101 Å². The molecule has 1 aromatic rings. The highest BCUT2D eigenvalue weighted by Crippen LogP contribution is 2.30. The van der Waals surface area contributed by atoms with Gasteiger partial charge in [0.1, 0.15) is 0 Å². The highest BCUT2D eigenvalue weighted by Gasteiger charge is 2.19. The summed E-state index contributed by atoms with van der Waals surface area (Å²) >= 11 is 0. The molecule has 0 saturated carbocycles. The third kappa shape index (κ3) is 2.97. The Balaban J connectivity index is 2.05. The van der Waals surface area contributed by atoms with Crippen molar-refractivity contribution in [3.05, 3.63) is 29.3 Å². The van der Waals surface area contributed by atoms with Gasteiger partial charge in [-0.2, -0.15) is 0 Å². The molecule has 0 radical (unpaired) electrons. The van der Waals surface area contributed by atoms with Crippen molar-refractivity contribution in [2.24, 2.45) is 0 Å². The standard InChI is InChI=1S/C13H18N2O2/c14-10-5-4-9-2-1-3-12(11(9)8-10)15-7-6-13(16)17/h4-5,8,12,15H,1-3,6-7,14H2,(H,16,17). The summed E-state index contributed by atoms with van der Waals surface area (Å²) in [5.74, 6) is -0.763. The van der Waals surface area contributed by atoms with Gasteiger partial charge in [0.25, 0.3) is 0 Å². The first-order valence-electron chi connectivity index (χ1n) is 6.00. The van der Waals surface area contributed by atoms with Crippen LogP contribution in [-0.4, -0.2) is 17.6 Å². The fourth-order valence-corrected chi connectivity index (χ4v) is 2.38. The van der Waals surface area contributed by atoms with E-state index in [1.54, 1.807) is 0 Å². The third-order valence-corrected chi connectivity index (χ3v) is 3.21. The minimum absolute atomic E-state index is 0.161. The lowest BCUT2D eigenvalue weighted by atomic mass is 9.87. The van der Waals surface area contributed by atoms with Crippen LogP contribution in [0, 0.1) is 0 Å². The van der Waals surface area contributed by atoms with Crippen LogP contribution in [0.5, 0.6) is 0 Å². The van der Waals surface area contributed by atoms with Gasteiger partial charge >= 0.3 is 5.97 Å². The number of fused-ring (bicyclic) bond motifs is 1. The number of carboxylic acid groups (broad SMARTS) is 1. The lowest BCUT2D eigenvalue weighted by Crippen LogP contribution is -2.27. The van der Waals surface area contributed by atoms with Crippen molar-refractivity contribution in [2.45, 2.75) is 31.7 Å². The molecule has 2 rings (SSSR count). The molecule has 4 N–H and O–H groups in total. The van der Waals surface area contributed by atoms with Crippen molar-refractivity contribution in [3.63, 3.8) is 0 Å². The molecule has 0 aromatic heterocycles. The summed E-state index contributed by atoms with van der Waals surface area (Å²) in [4.78, 5) is 10.5. The van der Waals surface area contributed by atoms with Gasteiger partial charge in [0.15, 0.2) is 0 Å². The molecule has 1 aromatic carbocycles. The fourth-order valence-electron chi connectivity index (χ4n) is 2.38. The molecule has 4 heteroatoms. The van der Waals surface area contributed by atoms with Crippen LogP contribution in [-0.2, 0) is 11.2 Å². The van der Waals surface area contributed by atoms with Gasteiger partial charge in [0.05, 0.1) is 6.42 Å². The number of anilines is 1. The number of nitrogens with two attached hydrogens (primary N) is 1. The van der Waals surface area contributed by atoms with Crippen LogP contribution in [0.4, 0.5) is 5.69 Å². The molecule has 1 unspecified atom stereocenters. The van der Waals surface area contributed by atoms with Crippen molar-refractivity contribution < 1.29 is 9.90 Å². The van der Waals surface area contributed by atoms with E-state index in [0.717, 1.165) is 24.9 Å². The van der Waals surface area contributed by atoms with E-state index in [2.05, 4.69) is 11.4 Å². The van der Waals surface area contributed by atoms with Gasteiger partial charge in [-0.25, -0.2) is 0 Å². The summed E-state index contributed by atoms with van der Waals surface area (Å²) in [5.41, 5.74) is 9.14. The lowest BCUT2D eigenvalue weighted by molar-refractivity contribution is -0.136. The van der Waals surface area contributed by atoms with Gasteiger partial charge in [0, 0.05) is 18.3 Å². The average molecular weight is 234 g/mol. The van der Waals surface area contributed by atoms with E-state index < -0.39 is 5.97 Å². The van der Waals surface area contributed by atoms with Gasteiger partial charge in [-0.3, -0.25) is 4.79 Å².